The van der Waals surface area contributed by atoms with E-state index in [0.29, 0.717) is 18.2 Å². The van der Waals surface area contributed by atoms with Crippen molar-refractivity contribution in [2.75, 3.05) is 0 Å². The number of hydrogen-bond donors (Lipinski definition) is 0. The van der Waals surface area contributed by atoms with E-state index in [0.717, 1.165) is 11.4 Å². The first-order chi connectivity index (χ1) is 7.24. The van der Waals surface area contributed by atoms with Crippen molar-refractivity contribution in [1.29, 1.82) is 0 Å². The molecule has 0 unspecified atom stereocenters. The summed E-state index contributed by atoms with van der Waals surface area (Å²) in [6, 6.07) is 1.82. The van der Waals surface area contributed by atoms with E-state index in [9.17, 15) is 0 Å². The molecule has 0 amide bonds. The van der Waals surface area contributed by atoms with Crippen molar-refractivity contribution in [3.63, 3.8) is 0 Å². The minimum absolute atomic E-state index is 0.318. The van der Waals surface area contributed by atoms with Gasteiger partial charge in [0.25, 0.3) is 0 Å². The van der Waals surface area contributed by atoms with E-state index < -0.39 is 0 Å². The summed E-state index contributed by atoms with van der Waals surface area (Å²) < 4.78 is 10.3. The van der Waals surface area contributed by atoms with Crippen molar-refractivity contribution in [3.05, 3.63) is 35.6 Å². The van der Waals surface area contributed by atoms with E-state index in [2.05, 4.69) is 15.1 Å². The molecule has 2 heterocycles. The van der Waals surface area contributed by atoms with Crippen molar-refractivity contribution in [2.24, 2.45) is 0 Å². The van der Waals surface area contributed by atoms with Crippen LogP contribution < -0.4 is 4.74 Å². The quantitative estimate of drug-likeness (QED) is 0.762. The highest BCUT2D eigenvalue weighted by atomic mass is 16.5. The Hall–Kier alpha value is -1.91. The Labute approximate surface area is 87.1 Å². The Kier molecular flexibility index (Phi) is 2.62. The Morgan fingerprint density at radius 3 is 2.67 bits per heavy atom. The maximum absolute atomic E-state index is 5.35. The first kappa shape index (κ1) is 9.64. The highest BCUT2D eigenvalue weighted by molar-refractivity contribution is 5.07. The van der Waals surface area contributed by atoms with E-state index in [1.165, 1.54) is 0 Å². The van der Waals surface area contributed by atoms with Crippen LogP contribution in [0.15, 0.2) is 23.0 Å². The van der Waals surface area contributed by atoms with Gasteiger partial charge in [-0.05, 0) is 13.8 Å². The molecule has 0 saturated carbocycles. The standard InChI is InChI=1S/C10H11N3O2/c1-7-3-9(15-13-7)6-14-10-5-11-8(2)4-12-10/h3-5H,6H2,1-2H3. The van der Waals surface area contributed by atoms with Crippen LogP contribution in [0.3, 0.4) is 0 Å². The maximum Gasteiger partial charge on any atom is 0.232 e. The molecule has 5 heteroatoms. The van der Waals surface area contributed by atoms with E-state index in [-0.39, 0.29) is 0 Å². The van der Waals surface area contributed by atoms with Crippen LogP contribution in [0.25, 0.3) is 0 Å². The summed E-state index contributed by atoms with van der Waals surface area (Å²) in [6.45, 7) is 4.05. The largest absolute Gasteiger partial charge is 0.468 e. The number of nitrogens with zero attached hydrogens (tertiary/aromatic N) is 3. The maximum atomic E-state index is 5.35. The summed E-state index contributed by atoms with van der Waals surface area (Å²) >= 11 is 0. The SMILES string of the molecule is Cc1cnc(OCc2cc(C)no2)cn1. The number of hydrogen-bond acceptors (Lipinski definition) is 5. The van der Waals surface area contributed by atoms with Crippen LogP contribution in [0.2, 0.25) is 0 Å². The molecule has 0 spiro atoms. The molecule has 0 bridgehead atoms. The molecule has 2 aromatic heterocycles. The molecule has 15 heavy (non-hydrogen) atoms. The predicted octanol–water partition coefficient (Wildman–Crippen LogP) is 1.66. The van der Waals surface area contributed by atoms with Gasteiger partial charge in [0.1, 0.15) is 0 Å². The minimum atomic E-state index is 0.318. The zero-order valence-corrected chi connectivity index (χ0v) is 8.60. The number of rotatable bonds is 3. The highest BCUT2D eigenvalue weighted by Crippen LogP contribution is 2.08. The summed E-state index contributed by atoms with van der Waals surface area (Å²) in [7, 11) is 0. The Morgan fingerprint density at radius 1 is 1.20 bits per heavy atom. The smallest absolute Gasteiger partial charge is 0.232 e. The second-order valence-corrected chi connectivity index (χ2v) is 3.22. The topological polar surface area (TPSA) is 61.0 Å². The molecular weight excluding hydrogens is 194 g/mol. The summed E-state index contributed by atoms with van der Waals surface area (Å²) in [5.74, 6) is 1.16. The first-order valence-corrected chi connectivity index (χ1v) is 4.57. The van der Waals surface area contributed by atoms with Gasteiger partial charge in [0.2, 0.25) is 5.88 Å². The van der Waals surface area contributed by atoms with Gasteiger partial charge in [-0.2, -0.15) is 0 Å². The summed E-state index contributed by atoms with van der Waals surface area (Å²) in [6.07, 6.45) is 3.24. The lowest BCUT2D eigenvalue weighted by molar-refractivity contribution is 0.240. The van der Waals surface area contributed by atoms with Crippen molar-refractivity contribution in [1.82, 2.24) is 15.1 Å². The highest BCUT2D eigenvalue weighted by Gasteiger charge is 2.02. The van der Waals surface area contributed by atoms with E-state index >= 15 is 0 Å². The second-order valence-electron chi connectivity index (χ2n) is 3.22. The van der Waals surface area contributed by atoms with Crippen LogP contribution in [-0.4, -0.2) is 15.1 Å². The minimum Gasteiger partial charge on any atom is -0.468 e. The summed E-state index contributed by atoms with van der Waals surface area (Å²) in [5.41, 5.74) is 1.70. The van der Waals surface area contributed by atoms with Gasteiger partial charge in [-0.3, -0.25) is 4.98 Å². The molecular formula is C10H11N3O2. The van der Waals surface area contributed by atoms with Crippen LogP contribution in [0.1, 0.15) is 17.1 Å². The van der Waals surface area contributed by atoms with Crippen molar-refractivity contribution in [3.8, 4) is 5.88 Å². The van der Waals surface area contributed by atoms with Crippen molar-refractivity contribution < 1.29 is 9.26 Å². The normalized spacial score (nSPS) is 10.3. The van der Waals surface area contributed by atoms with Gasteiger partial charge in [-0.15, -0.1) is 0 Å². The molecule has 5 nitrogen and oxygen atoms in total. The van der Waals surface area contributed by atoms with Gasteiger partial charge in [-0.25, -0.2) is 4.98 Å². The third-order valence-corrected chi connectivity index (χ3v) is 1.80. The molecule has 0 atom stereocenters. The third-order valence-electron chi connectivity index (χ3n) is 1.80. The van der Waals surface area contributed by atoms with Crippen LogP contribution in [0, 0.1) is 13.8 Å². The molecule has 0 N–H and O–H groups in total. The Balaban J connectivity index is 1.96. The Bertz CT molecular complexity index is 436. The second kappa shape index (κ2) is 4.08. The first-order valence-electron chi connectivity index (χ1n) is 4.57. The van der Waals surface area contributed by atoms with Gasteiger partial charge in [0.05, 0.1) is 23.8 Å². The fraction of sp³-hybridized carbons (Fsp3) is 0.300. The van der Waals surface area contributed by atoms with Crippen LogP contribution in [0.4, 0.5) is 0 Å². The van der Waals surface area contributed by atoms with Crippen LogP contribution in [0.5, 0.6) is 5.88 Å². The molecule has 0 saturated heterocycles. The zero-order valence-electron chi connectivity index (χ0n) is 8.60. The lowest BCUT2D eigenvalue weighted by Crippen LogP contribution is -1.97. The van der Waals surface area contributed by atoms with Crippen LogP contribution >= 0.6 is 0 Å². The van der Waals surface area contributed by atoms with Crippen molar-refractivity contribution >= 4 is 0 Å². The van der Waals surface area contributed by atoms with Gasteiger partial charge in [0.15, 0.2) is 12.4 Å². The van der Waals surface area contributed by atoms with Gasteiger partial charge >= 0.3 is 0 Å². The molecule has 0 aliphatic carbocycles. The van der Waals surface area contributed by atoms with Crippen molar-refractivity contribution in [2.45, 2.75) is 20.5 Å². The third kappa shape index (κ3) is 2.52. The Morgan fingerprint density at radius 2 is 2.07 bits per heavy atom. The lowest BCUT2D eigenvalue weighted by atomic mass is 10.4. The molecule has 2 rings (SSSR count). The fourth-order valence-electron chi connectivity index (χ4n) is 1.08. The number of ether oxygens (including phenoxy) is 1. The molecule has 0 aliphatic rings. The molecule has 0 fully saturated rings. The molecule has 2 aromatic rings. The lowest BCUT2D eigenvalue weighted by Gasteiger charge is -2.01. The number of aromatic nitrogens is 3. The van der Waals surface area contributed by atoms with E-state index in [1.807, 2.05) is 19.9 Å². The molecule has 0 radical (unpaired) electrons. The van der Waals surface area contributed by atoms with Gasteiger partial charge < -0.3 is 9.26 Å². The average molecular weight is 205 g/mol. The monoisotopic (exact) mass is 205 g/mol. The van der Waals surface area contributed by atoms with Crippen LogP contribution in [-0.2, 0) is 6.61 Å². The summed E-state index contributed by atoms with van der Waals surface area (Å²) in [4.78, 5) is 8.12. The molecule has 0 aliphatic heterocycles. The zero-order chi connectivity index (χ0) is 10.7. The average Bonchev–Trinajstić information content (AvgIpc) is 2.64. The number of aryl methyl sites for hydroxylation is 2. The van der Waals surface area contributed by atoms with Gasteiger partial charge in [-0.1, -0.05) is 5.16 Å². The molecule has 78 valence electrons. The fourth-order valence-corrected chi connectivity index (χ4v) is 1.08. The van der Waals surface area contributed by atoms with Gasteiger partial charge in [0, 0.05) is 6.07 Å². The molecule has 0 aromatic carbocycles. The van der Waals surface area contributed by atoms with E-state index in [1.54, 1.807) is 12.4 Å². The summed E-state index contributed by atoms with van der Waals surface area (Å²) in [5, 5.41) is 3.75. The predicted molar refractivity (Wildman–Crippen MR) is 52.3 cm³/mol. The van der Waals surface area contributed by atoms with E-state index in [4.69, 9.17) is 9.26 Å².